The van der Waals surface area contributed by atoms with Gasteiger partial charge in [-0.25, -0.2) is 0 Å². The average Bonchev–Trinajstić information content (AvgIpc) is 1.81. The van der Waals surface area contributed by atoms with E-state index in [1.165, 1.54) is 6.08 Å². The molecule has 0 radical (unpaired) electrons. The zero-order chi connectivity index (χ0) is 6.24. The van der Waals surface area contributed by atoms with Crippen LogP contribution in [-0.2, 0) is 4.79 Å². The number of aldehydes is 1. The van der Waals surface area contributed by atoms with Gasteiger partial charge in [-0.15, -0.1) is 0 Å². The third-order valence-corrected chi connectivity index (χ3v) is 1.28. The standard InChI is InChI=1S/C6H9BrO.Na.H/c7-5-3-1-2-4-6-8;;/h2,4,6H,1,3,5H2;;/q;+1;-1. The zero-order valence-corrected chi connectivity index (χ0v) is 9.23. The van der Waals surface area contributed by atoms with Crippen LogP contribution in [0, 0.1) is 0 Å². The minimum Gasteiger partial charge on any atom is -1.00 e. The van der Waals surface area contributed by atoms with Gasteiger partial charge in [0.2, 0.25) is 0 Å². The number of hydrogen-bond donors (Lipinski definition) is 0. The number of rotatable bonds is 4. The molecule has 0 bridgehead atoms. The van der Waals surface area contributed by atoms with Crippen molar-refractivity contribution in [3.05, 3.63) is 12.2 Å². The maximum atomic E-state index is 9.67. The molecular formula is C6H10BrNaO. The molecule has 0 aromatic rings. The van der Waals surface area contributed by atoms with Crippen LogP contribution >= 0.6 is 15.9 Å². The molecule has 0 aromatic heterocycles. The SMILES string of the molecule is O=CC=CCCCBr.[H-].[Na+]. The molecule has 0 saturated carbocycles. The molecule has 0 aliphatic carbocycles. The average molecular weight is 201 g/mol. The zero-order valence-electron chi connectivity index (χ0n) is 6.64. The molecule has 0 unspecified atom stereocenters. The topological polar surface area (TPSA) is 17.1 Å². The van der Waals surface area contributed by atoms with Gasteiger partial charge >= 0.3 is 29.6 Å². The van der Waals surface area contributed by atoms with Gasteiger partial charge in [-0.2, -0.15) is 0 Å². The molecule has 0 aromatic carbocycles. The van der Waals surface area contributed by atoms with E-state index in [2.05, 4.69) is 15.9 Å². The molecule has 0 aliphatic rings. The number of halogens is 1. The van der Waals surface area contributed by atoms with Crippen LogP contribution in [-0.4, -0.2) is 11.6 Å². The Hall–Kier alpha value is 0.890. The van der Waals surface area contributed by atoms with Gasteiger partial charge < -0.3 is 1.43 Å². The number of alkyl halides is 1. The van der Waals surface area contributed by atoms with E-state index in [0.29, 0.717) is 0 Å². The van der Waals surface area contributed by atoms with Crippen molar-refractivity contribution in [3.63, 3.8) is 0 Å². The number of hydrogen-bond acceptors (Lipinski definition) is 1. The summed E-state index contributed by atoms with van der Waals surface area (Å²) in [6.45, 7) is 0. The van der Waals surface area contributed by atoms with Gasteiger partial charge in [-0.1, -0.05) is 22.0 Å². The predicted octanol–water partition coefficient (Wildman–Crippen LogP) is -0.967. The summed E-state index contributed by atoms with van der Waals surface area (Å²) in [6, 6.07) is 0. The molecule has 48 valence electrons. The Morgan fingerprint density at radius 2 is 2.22 bits per heavy atom. The molecule has 9 heavy (non-hydrogen) atoms. The van der Waals surface area contributed by atoms with Crippen LogP contribution in [0.5, 0.6) is 0 Å². The van der Waals surface area contributed by atoms with Gasteiger partial charge in [-0.05, 0) is 18.9 Å². The first-order valence-corrected chi connectivity index (χ1v) is 3.70. The van der Waals surface area contributed by atoms with E-state index in [0.717, 1.165) is 24.5 Å². The molecule has 0 aliphatic heterocycles. The summed E-state index contributed by atoms with van der Waals surface area (Å²) in [7, 11) is 0. The number of allylic oxidation sites excluding steroid dienone is 2. The quantitative estimate of drug-likeness (QED) is 0.188. The van der Waals surface area contributed by atoms with E-state index in [-0.39, 0.29) is 31.0 Å². The van der Waals surface area contributed by atoms with Gasteiger partial charge in [-0.3, -0.25) is 4.79 Å². The Morgan fingerprint density at radius 1 is 1.56 bits per heavy atom. The Kier molecular flexibility index (Phi) is 16.3. The monoisotopic (exact) mass is 200 g/mol. The molecule has 0 rings (SSSR count). The minimum atomic E-state index is 0. The van der Waals surface area contributed by atoms with Crippen molar-refractivity contribution < 1.29 is 35.8 Å². The number of carbonyl (C=O) groups is 1. The maximum absolute atomic E-state index is 9.67. The second-order valence-electron chi connectivity index (χ2n) is 1.40. The van der Waals surface area contributed by atoms with Gasteiger partial charge in [0.15, 0.2) is 0 Å². The van der Waals surface area contributed by atoms with Crippen molar-refractivity contribution in [1.82, 2.24) is 0 Å². The Morgan fingerprint density at radius 3 is 2.67 bits per heavy atom. The van der Waals surface area contributed by atoms with Crippen LogP contribution in [0.1, 0.15) is 14.3 Å². The first-order valence-electron chi connectivity index (χ1n) is 2.58. The van der Waals surface area contributed by atoms with E-state index in [1.54, 1.807) is 0 Å². The van der Waals surface area contributed by atoms with Crippen LogP contribution in [0.25, 0.3) is 0 Å². The van der Waals surface area contributed by atoms with E-state index in [9.17, 15) is 4.79 Å². The van der Waals surface area contributed by atoms with E-state index >= 15 is 0 Å². The summed E-state index contributed by atoms with van der Waals surface area (Å²) in [4.78, 5) is 9.67. The molecule has 0 heterocycles. The molecule has 0 spiro atoms. The van der Waals surface area contributed by atoms with Crippen molar-refractivity contribution in [2.24, 2.45) is 0 Å². The second-order valence-corrected chi connectivity index (χ2v) is 2.19. The number of carbonyl (C=O) groups excluding carboxylic acids is 1. The molecule has 1 nitrogen and oxygen atoms in total. The summed E-state index contributed by atoms with van der Waals surface area (Å²) in [5.74, 6) is 0. The fourth-order valence-corrected chi connectivity index (χ4v) is 0.671. The summed E-state index contributed by atoms with van der Waals surface area (Å²) < 4.78 is 0. The predicted molar refractivity (Wildman–Crippen MR) is 39.3 cm³/mol. The summed E-state index contributed by atoms with van der Waals surface area (Å²) in [5.41, 5.74) is 0. The normalized spacial score (nSPS) is 9.00. The van der Waals surface area contributed by atoms with Crippen molar-refractivity contribution in [3.8, 4) is 0 Å². The van der Waals surface area contributed by atoms with Crippen LogP contribution in [0.15, 0.2) is 12.2 Å². The minimum absolute atomic E-state index is 0. The summed E-state index contributed by atoms with van der Waals surface area (Å²) in [6.07, 6.45) is 6.29. The maximum Gasteiger partial charge on any atom is 1.00 e. The summed E-state index contributed by atoms with van der Waals surface area (Å²) >= 11 is 3.28. The van der Waals surface area contributed by atoms with Crippen LogP contribution in [0.4, 0.5) is 0 Å². The Balaban J connectivity index is -0.000000245. The Bertz CT molecular complexity index is 87.8. The fraction of sp³-hybridized carbons (Fsp3) is 0.500. The summed E-state index contributed by atoms with van der Waals surface area (Å²) in [5, 5.41) is 1.01. The van der Waals surface area contributed by atoms with Crippen LogP contribution in [0.2, 0.25) is 0 Å². The van der Waals surface area contributed by atoms with E-state index in [1.807, 2.05) is 6.08 Å². The molecule has 0 saturated heterocycles. The first kappa shape index (κ1) is 12.6. The molecule has 0 N–H and O–H groups in total. The third-order valence-electron chi connectivity index (χ3n) is 0.719. The molecule has 0 amide bonds. The number of unbranched alkanes of at least 4 members (excludes halogenated alkanes) is 1. The first-order chi connectivity index (χ1) is 3.91. The molecule has 0 fully saturated rings. The van der Waals surface area contributed by atoms with Gasteiger partial charge in [0.25, 0.3) is 0 Å². The third kappa shape index (κ3) is 12.2. The van der Waals surface area contributed by atoms with Gasteiger partial charge in [0.05, 0.1) is 0 Å². The van der Waals surface area contributed by atoms with E-state index in [4.69, 9.17) is 0 Å². The molecular weight excluding hydrogens is 191 g/mol. The van der Waals surface area contributed by atoms with Gasteiger partial charge in [0, 0.05) is 5.33 Å². The second kappa shape index (κ2) is 11.7. The largest absolute Gasteiger partial charge is 1.00 e. The van der Waals surface area contributed by atoms with Gasteiger partial charge in [0.1, 0.15) is 6.29 Å². The van der Waals surface area contributed by atoms with Crippen molar-refractivity contribution >= 4 is 22.2 Å². The van der Waals surface area contributed by atoms with Crippen LogP contribution in [0.3, 0.4) is 0 Å². The van der Waals surface area contributed by atoms with Crippen molar-refractivity contribution in [1.29, 1.82) is 0 Å². The van der Waals surface area contributed by atoms with Crippen molar-refractivity contribution in [2.45, 2.75) is 12.8 Å². The van der Waals surface area contributed by atoms with Crippen molar-refractivity contribution in [2.75, 3.05) is 5.33 Å². The van der Waals surface area contributed by atoms with Crippen LogP contribution < -0.4 is 29.6 Å². The Labute approximate surface area is 87.8 Å². The smallest absolute Gasteiger partial charge is 1.00 e. The molecule has 0 atom stereocenters. The molecule has 3 heteroatoms. The fourth-order valence-electron chi connectivity index (χ4n) is 0.347. The van der Waals surface area contributed by atoms with E-state index < -0.39 is 0 Å².